The minimum atomic E-state index is -0.0606. The van der Waals surface area contributed by atoms with E-state index in [4.69, 9.17) is 0 Å². The molecule has 0 aromatic heterocycles. The molecule has 0 aliphatic carbocycles. The Labute approximate surface area is 116 Å². The summed E-state index contributed by atoms with van der Waals surface area (Å²) in [7, 11) is 0. The van der Waals surface area contributed by atoms with Crippen molar-refractivity contribution in [1.29, 1.82) is 0 Å². The lowest BCUT2D eigenvalue weighted by Gasteiger charge is -2.32. The smallest absolute Gasteiger partial charge is 0.129 e. The van der Waals surface area contributed by atoms with E-state index < -0.39 is 0 Å². The van der Waals surface area contributed by atoms with Crippen LogP contribution >= 0.6 is 0 Å². The molecule has 1 saturated heterocycles. The molecule has 0 spiro atoms. The van der Waals surface area contributed by atoms with Gasteiger partial charge in [-0.05, 0) is 63.0 Å². The first-order valence-electron chi connectivity index (χ1n) is 7.31. The van der Waals surface area contributed by atoms with E-state index in [1.54, 1.807) is 0 Å². The minimum absolute atomic E-state index is 0.0606. The highest BCUT2D eigenvalue weighted by molar-refractivity contribution is 5.30. The van der Waals surface area contributed by atoms with Gasteiger partial charge in [0.2, 0.25) is 0 Å². The lowest BCUT2D eigenvalue weighted by atomic mass is 10.0. The van der Waals surface area contributed by atoms with E-state index in [-0.39, 0.29) is 5.82 Å². The van der Waals surface area contributed by atoms with Crippen molar-refractivity contribution < 1.29 is 4.39 Å². The molecule has 1 aliphatic heterocycles. The lowest BCUT2D eigenvalue weighted by molar-refractivity contribution is 0.191. The first-order valence-corrected chi connectivity index (χ1v) is 7.31. The van der Waals surface area contributed by atoms with Crippen molar-refractivity contribution in [2.45, 2.75) is 46.2 Å². The molecule has 0 radical (unpaired) electrons. The number of hydrogen-bond donors (Lipinski definition) is 1. The van der Waals surface area contributed by atoms with Gasteiger partial charge in [-0.25, -0.2) is 4.39 Å². The van der Waals surface area contributed by atoms with Gasteiger partial charge < -0.3 is 5.32 Å². The average Bonchev–Trinajstić information content (AvgIpc) is 2.38. The van der Waals surface area contributed by atoms with Gasteiger partial charge in [-0.1, -0.05) is 19.1 Å². The van der Waals surface area contributed by atoms with Gasteiger partial charge in [0.25, 0.3) is 0 Å². The van der Waals surface area contributed by atoms with Crippen LogP contribution in [0.2, 0.25) is 0 Å². The van der Waals surface area contributed by atoms with E-state index in [1.165, 1.54) is 18.4 Å². The van der Waals surface area contributed by atoms with Crippen LogP contribution in [0.4, 0.5) is 4.39 Å². The standard InChI is InChI=1S/C16H25FN2/c1-4-18-15-5-7-19(8-6-15)11-14-9-12(2)16(17)13(3)10-14/h9-10,15,18H,4-8,11H2,1-3H3. The quantitative estimate of drug-likeness (QED) is 0.899. The number of halogens is 1. The summed E-state index contributed by atoms with van der Waals surface area (Å²) < 4.78 is 13.6. The number of nitrogens with zero attached hydrogens (tertiary/aromatic N) is 1. The van der Waals surface area contributed by atoms with Gasteiger partial charge in [-0.15, -0.1) is 0 Å². The Morgan fingerprint density at radius 2 is 1.79 bits per heavy atom. The van der Waals surface area contributed by atoms with Crippen LogP contribution in [0.5, 0.6) is 0 Å². The maximum Gasteiger partial charge on any atom is 0.129 e. The highest BCUT2D eigenvalue weighted by atomic mass is 19.1. The minimum Gasteiger partial charge on any atom is -0.314 e. The third-order valence-electron chi connectivity index (χ3n) is 3.98. The fraction of sp³-hybridized carbons (Fsp3) is 0.625. The summed E-state index contributed by atoms with van der Waals surface area (Å²) in [6.45, 7) is 10.1. The Morgan fingerprint density at radius 3 is 2.32 bits per heavy atom. The zero-order valence-corrected chi connectivity index (χ0v) is 12.3. The fourth-order valence-electron chi connectivity index (χ4n) is 2.97. The molecule has 19 heavy (non-hydrogen) atoms. The van der Waals surface area contributed by atoms with Crippen molar-refractivity contribution in [3.05, 3.63) is 34.6 Å². The molecule has 0 bridgehead atoms. The Balaban J connectivity index is 1.92. The molecule has 1 fully saturated rings. The fourth-order valence-corrected chi connectivity index (χ4v) is 2.97. The Kier molecular flexibility index (Phi) is 4.94. The van der Waals surface area contributed by atoms with Crippen molar-refractivity contribution in [2.24, 2.45) is 0 Å². The molecule has 0 atom stereocenters. The summed E-state index contributed by atoms with van der Waals surface area (Å²) in [5.74, 6) is -0.0606. The van der Waals surface area contributed by atoms with Crippen LogP contribution in [-0.4, -0.2) is 30.6 Å². The zero-order valence-electron chi connectivity index (χ0n) is 12.3. The normalized spacial score (nSPS) is 17.9. The van der Waals surface area contributed by atoms with Gasteiger partial charge in [0.15, 0.2) is 0 Å². The first-order chi connectivity index (χ1) is 9.10. The molecule has 106 valence electrons. The maximum atomic E-state index is 13.6. The van der Waals surface area contributed by atoms with E-state index in [0.717, 1.165) is 37.3 Å². The molecular formula is C16H25FN2. The summed E-state index contributed by atoms with van der Waals surface area (Å²) in [6.07, 6.45) is 2.43. The number of likely N-dealkylation sites (tertiary alicyclic amines) is 1. The van der Waals surface area contributed by atoms with E-state index in [2.05, 4.69) is 17.1 Å². The van der Waals surface area contributed by atoms with Gasteiger partial charge in [-0.3, -0.25) is 4.90 Å². The molecule has 1 aliphatic rings. The predicted molar refractivity (Wildman–Crippen MR) is 77.8 cm³/mol. The molecule has 0 unspecified atom stereocenters. The van der Waals surface area contributed by atoms with Crippen LogP contribution in [0.3, 0.4) is 0 Å². The number of hydrogen-bond acceptors (Lipinski definition) is 2. The lowest BCUT2D eigenvalue weighted by Crippen LogP contribution is -2.42. The van der Waals surface area contributed by atoms with Crippen LogP contribution in [-0.2, 0) is 6.54 Å². The summed E-state index contributed by atoms with van der Waals surface area (Å²) in [5.41, 5.74) is 2.76. The second-order valence-electron chi connectivity index (χ2n) is 5.65. The molecule has 1 aromatic rings. The SMILES string of the molecule is CCNC1CCN(Cc2cc(C)c(F)c(C)c2)CC1. The third kappa shape index (κ3) is 3.77. The van der Waals surface area contributed by atoms with E-state index in [1.807, 2.05) is 26.0 Å². The third-order valence-corrected chi connectivity index (χ3v) is 3.98. The van der Waals surface area contributed by atoms with Crippen molar-refractivity contribution in [1.82, 2.24) is 10.2 Å². The Hall–Kier alpha value is -0.930. The number of piperidine rings is 1. The van der Waals surface area contributed by atoms with Gasteiger partial charge in [-0.2, -0.15) is 0 Å². The van der Waals surface area contributed by atoms with Crippen LogP contribution in [0.25, 0.3) is 0 Å². The van der Waals surface area contributed by atoms with Crippen molar-refractivity contribution >= 4 is 0 Å². The van der Waals surface area contributed by atoms with Gasteiger partial charge in [0.1, 0.15) is 5.82 Å². The van der Waals surface area contributed by atoms with Gasteiger partial charge >= 0.3 is 0 Å². The predicted octanol–water partition coefficient (Wildman–Crippen LogP) is 3.02. The first kappa shape index (κ1) is 14.5. The summed E-state index contributed by atoms with van der Waals surface area (Å²) in [5, 5.41) is 3.52. The van der Waals surface area contributed by atoms with Crippen molar-refractivity contribution in [3.8, 4) is 0 Å². The molecule has 1 aromatic carbocycles. The molecule has 1 N–H and O–H groups in total. The van der Waals surface area contributed by atoms with Crippen LogP contribution < -0.4 is 5.32 Å². The van der Waals surface area contributed by atoms with Crippen molar-refractivity contribution in [3.63, 3.8) is 0 Å². The van der Waals surface area contributed by atoms with Crippen LogP contribution in [0, 0.1) is 19.7 Å². The Bertz CT molecular complexity index is 400. The second kappa shape index (κ2) is 6.49. The number of nitrogens with one attached hydrogen (secondary N) is 1. The average molecular weight is 264 g/mol. The molecule has 2 rings (SSSR count). The zero-order chi connectivity index (χ0) is 13.8. The van der Waals surface area contributed by atoms with E-state index >= 15 is 0 Å². The number of aryl methyl sites for hydroxylation is 2. The molecule has 1 heterocycles. The summed E-state index contributed by atoms with van der Waals surface area (Å²) in [4.78, 5) is 2.47. The molecule has 3 heteroatoms. The van der Waals surface area contributed by atoms with Crippen LogP contribution in [0.15, 0.2) is 12.1 Å². The number of rotatable bonds is 4. The van der Waals surface area contributed by atoms with Gasteiger partial charge in [0.05, 0.1) is 0 Å². The monoisotopic (exact) mass is 264 g/mol. The van der Waals surface area contributed by atoms with Crippen LogP contribution in [0.1, 0.15) is 36.5 Å². The highest BCUT2D eigenvalue weighted by Crippen LogP contribution is 2.18. The number of benzene rings is 1. The molecule has 2 nitrogen and oxygen atoms in total. The van der Waals surface area contributed by atoms with Gasteiger partial charge in [0, 0.05) is 12.6 Å². The van der Waals surface area contributed by atoms with Crippen molar-refractivity contribution in [2.75, 3.05) is 19.6 Å². The molecule has 0 amide bonds. The van der Waals surface area contributed by atoms with E-state index in [0.29, 0.717) is 6.04 Å². The second-order valence-corrected chi connectivity index (χ2v) is 5.65. The molecule has 0 saturated carbocycles. The highest BCUT2D eigenvalue weighted by Gasteiger charge is 2.18. The Morgan fingerprint density at radius 1 is 1.21 bits per heavy atom. The molecular weight excluding hydrogens is 239 g/mol. The van der Waals surface area contributed by atoms with E-state index in [9.17, 15) is 4.39 Å². The largest absolute Gasteiger partial charge is 0.314 e. The topological polar surface area (TPSA) is 15.3 Å². The summed E-state index contributed by atoms with van der Waals surface area (Å²) in [6, 6.07) is 4.65. The summed E-state index contributed by atoms with van der Waals surface area (Å²) >= 11 is 0. The maximum absolute atomic E-state index is 13.6.